The highest BCUT2D eigenvalue weighted by molar-refractivity contribution is 5.94. The number of amides is 2. The molecule has 4 aliphatic carbocycles. The number of nitrogens with zero attached hydrogens (tertiary/aromatic N) is 4. The smallest absolute Gasteiger partial charge is 0.270 e. The number of carbonyl (C=O) groups is 2. The number of rotatable bonds is 5. The van der Waals surface area contributed by atoms with Crippen LogP contribution in [0.2, 0.25) is 0 Å². The minimum Gasteiger partial charge on any atom is -0.345 e. The fourth-order valence-electron chi connectivity index (χ4n) is 6.75. The summed E-state index contributed by atoms with van der Waals surface area (Å²) in [4.78, 5) is 39.1. The topological polar surface area (TPSA) is 102 Å². The average Bonchev–Trinajstić information content (AvgIpc) is 3.33. The first-order valence-corrected chi connectivity index (χ1v) is 11.5. The third-order valence-corrected chi connectivity index (χ3v) is 7.45. The van der Waals surface area contributed by atoms with E-state index in [0.29, 0.717) is 29.0 Å². The maximum Gasteiger partial charge on any atom is 0.270 e. The van der Waals surface area contributed by atoms with E-state index in [1.807, 2.05) is 24.3 Å². The SMILES string of the molecule is O=C(NC12CC3CC(C1)CC(NC(=O)c1cccc(-n4ccnc4)n1)(C3)C2)c1ccccn1. The summed E-state index contributed by atoms with van der Waals surface area (Å²) in [6.45, 7) is 0. The van der Waals surface area contributed by atoms with E-state index in [2.05, 4.69) is 25.6 Å². The van der Waals surface area contributed by atoms with E-state index in [-0.39, 0.29) is 22.9 Å². The highest BCUT2D eigenvalue weighted by Gasteiger charge is 2.58. The summed E-state index contributed by atoms with van der Waals surface area (Å²) in [5.41, 5.74) is 0.221. The van der Waals surface area contributed by atoms with Gasteiger partial charge in [0.25, 0.3) is 11.8 Å². The van der Waals surface area contributed by atoms with Crippen molar-refractivity contribution in [1.29, 1.82) is 0 Å². The summed E-state index contributed by atoms with van der Waals surface area (Å²) in [5, 5.41) is 6.69. The van der Waals surface area contributed by atoms with Crippen molar-refractivity contribution in [3.63, 3.8) is 0 Å². The number of nitrogens with one attached hydrogen (secondary N) is 2. The highest BCUT2D eigenvalue weighted by atomic mass is 16.2. The van der Waals surface area contributed by atoms with Crippen LogP contribution in [0, 0.1) is 11.8 Å². The summed E-state index contributed by atoms with van der Waals surface area (Å²) in [6.07, 6.45) is 12.6. The van der Waals surface area contributed by atoms with Gasteiger partial charge in [0.2, 0.25) is 0 Å². The second kappa shape index (κ2) is 7.50. The average molecular weight is 443 g/mol. The van der Waals surface area contributed by atoms with Crippen molar-refractivity contribution in [2.75, 3.05) is 0 Å². The summed E-state index contributed by atoms with van der Waals surface area (Å²) in [7, 11) is 0. The predicted octanol–water partition coefficient (Wildman–Crippen LogP) is 2.91. The van der Waals surface area contributed by atoms with Gasteiger partial charge in [-0.05, 0) is 74.6 Å². The Kier molecular flexibility index (Phi) is 4.57. The molecule has 3 aromatic heterocycles. The Morgan fingerprint density at radius 2 is 1.58 bits per heavy atom. The van der Waals surface area contributed by atoms with Gasteiger partial charge < -0.3 is 10.6 Å². The lowest BCUT2D eigenvalue weighted by atomic mass is 9.49. The summed E-state index contributed by atoms with van der Waals surface area (Å²) in [6, 6.07) is 10.8. The molecule has 4 saturated carbocycles. The third kappa shape index (κ3) is 3.69. The molecular weight excluding hydrogens is 416 g/mol. The molecule has 4 fully saturated rings. The lowest BCUT2D eigenvalue weighted by molar-refractivity contribution is -0.0449. The van der Waals surface area contributed by atoms with Gasteiger partial charge >= 0.3 is 0 Å². The Morgan fingerprint density at radius 3 is 2.21 bits per heavy atom. The summed E-state index contributed by atoms with van der Waals surface area (Å²) >= 11 is 0. The standard InChI is InChI=1S/C25H26N6O2/c32-22(19-4-1-2-7-27-19)29-24-11-17-10-18(12-24)14-25(13-17,15-24)30-23(33)20-5-3-6-21(28-20)31-9-8-26-16-31/h1-9,16-18H,10-15H2,(H,29,32)(H,30,33). The lowest BCUT2D eigenvalue weighted by Crippen LogP contribution is -2.69. The van der Waals surface area contributed by atoms with Crippen molar-refractivity contribution in [3.05, 3.63) is 72.7 Å². The van der Waals surface area contributed by atoms with Crippen LogP contribution in [0.15, 0.2) is 61.3 Å². The fourth-order valence-corrected chi connectivity index (χ4v) is 6.75. The van der Waals surface area contributed by atoms with E-state index in [0.717, 1.165) is 32.1 Å². The number of hydrogen-bond donors (Lipinski definition) is 2. The van der Waals surface area contributed by atoms with Crippen LogP contribution in [0.3, 0.4) is 0 Å². The molecule has 0 saturated heterocycles. The van der Waals surface area contributed by atoms with Crippen LogP contribution < -0.4 is 10.6 Å². The van der Waals surface area contributed by atoms with E-state index in [9.17, 15) is 9.59 Å². The third-order valence-electron chi connectivity index (χ3n) is 7.45. The normalized spacial score (nSPS) is 29.6. The molecule has 168 valence electrons. The van der Waals surface area contributed by atoms with Crippen LogP contribution in [0.1, 0.15) is 59.5 Å². The number of hydrogen-bond acceptors (Lipinski definition) is 5. The van der Waals surface area contributed by atoms with E-state index in [1.54, 1.807) is 41.6 Å². The van der Waals surface area contributed by atoms with E-state index in [4.69, 9.17) is 0 Å². The molecule has 8 heteroatoms. The fraction of sp³-hybridized carbons (Fsp3) is 0.400. The molecule has 33 heavy (non-hydrogen) atoms. The van der Waals surface area contributed by atoms with Gasteiger partial charge in [0.05, 0.1) is 0 Å². The monoisotopic (exact) mass is 442 g/mol. The molecule has 0 radical (unpaired) electrons. The number of carbonyl (C=O) groups excluding carboxylic acids is 2. The molecule has 0 aromatic carbocycles. The number of imidazole rings is 1. The van der Waals surface area contributed by atoms with Crippen LogP contribution in [0.4, 0.5) is 0 Å². The van der Waals surface area contributed by atoms with Crippen LogP contribution in [-0.2, 0) is 0 Å². The molecule has 7 rings (SSSR count). The van der Waals surface area contributed by atoms with Gasteiger partial charge in [-0.3, -0.25) is 19.1 Å². The molecule has 0 spiro atoms. The Morgan fingerprint density at radius 1 is 0.879 bits per heavy atom. The summed E-state index contributed by atoms with van der Waals surface area (Å²) < 4.78 is 1.78. The maximum absolute atomic E-state index is 13.3. The van der Waals surface area contributed by atoms with Gasteiger partial charge in [-0.2, -0.15) is 0 Å². The molecule has 2 N–H and O–H groups in total. The van der Waals surface area contributed by atoms with Crippen LogP contribution in [0.25, 0.3) is 5.82 Å². The Bertz CT molecular complexity index is 1180. The van der Waals surface area contributed by atoms with Gasteiger partial charge in [-0.15, -0.1) is 0 Å². The molecule has 4 aliphatic rings. The Labute approximate surface area is 191 Å². The zero-order valence-electron chi connectivity index (χ0n) is 18.3. The minimum absolute atomic E-state index is 0.131. The van der Waals surface area contributed by atoms with E-state index in [1.165, 1.54) is 6.42 Å². The molecule has 3 aromatic rings. The van der Waals surface area contributed by atoms with Gasteiger partial charge in [0.15, 0.2) is 0 Å². The lowest BCUT2D eigenvalue weighted by Gasteiger charge is -2.62. The first-order chi connectivity index (χ1) is 16.0. The van der Waals surface area contributed by atoms with Crippen molar-refractivity contribution in [1.82, 2.24) is 30.2 Å². The van der Waals surface area contributed by atoms with Gasteiger partial charge in [-0.25, -0.2) is 9.97 Å². The zero-order chi connectivity index (χ0) is 22.5. The van der Waals surface area contributed by atoms with E-state index < -0.39 is 0 Å². The van der Waals surface area contributed by atoms with Crippen LogP contribution in [-0.4, -0.2) is 42.4 Å². The van der Waals surface area contributed by atoms with Crippen LogP contribution in [0.5, 0.6) is 0 Å². The first-order valence-electron chi connectivity index (χ1n) is 11.5. The molecule has 0 aliphatic heterocycles. The molecule has 2 atom stereocenters. The zero-order valence-corrected chi connectivity index (χ0v) is 18.3. The van der Waals surface area contributed by atoms with Gasteiger partial charge in [0, 0.05) is 29.7 Å². The van der Waals surface area contributed by atoms with Crippen molar-refractivity contribution in [2.24, 2.45) is 11.8 Å². The molecule has 4 bridgehead atoms. The van der Waals surface area contributed by atoms with Gasteiger partial charge in [-0.1, -0.05) is 12.1 Å². The van der Waals surface area contributed by atoms with Gasteiger partial charge in [0.1, 0.15) is 23.5 Å². The van der Waals surface area contributed by atoms with Crippen molar-refractivity contribution < 1.29 is 9.59 Å². The number of aromatic nitrogens is 4. The molecule has 3 heterocycles. The van der Waals surface area contributed by atoms with Crippen molar-refractivity contribution in [3.8, 4) is 5.82 Å². The Hall–Kier alpha value is -3.55. The maximum atomic E-state index is 13.3. The predicted molar refractivity (Wildman–Crippen MR) is 121 cm³/mol. The highest BCUT2D eigenvalue weighted by Crippen LogP contribution is 2.57. The summed E-state index contributed by atoms with van der Waals surface area (Å²) in [5.74, 6) is 1.37. The Balaban J connectivity index is 1.23. The van der Waals surface area contributed by atoms with Crippen molar-refractivity contribution >= 4 is 11.8 Å². The first kappa shape index (κ1) is 20.1. The molecular formula is C25H26N6O2. The molecule has 2 amide bonds. The molecule has 8 nitrogen and oxygen atoms in total. The van der Waals surface area contributed by atoms with Crippen molar-refractivity contribution in [2.45, 2.75) is 49.6 Å². The quantitative estimate of drug-likeness (QED) is 0.633. The van der Waals surface area contributed by atoms with E-state index >= 15 is 0 Å². The second-order valence-corrected chi connectivity index (χ2v) is 10.00. The molecule has 2 unspecified atom stereocenters. The van der Waals surface area contributed by atoms with Crippen LogP contribution >= 0.6 is 0 Å². The number of pyridine rings is 2. The largest absolute Gasteiger partial charge is 0.345 e. The minimum atomic E-state index is -0.314. The second-order valence-electron chi connectivity index (χ2n) is 10.00.